The monoisotopic (exact) mass is 207 g/mol. The molecule has 0 bridgehead atoms. The zero-order chi connectivity index (χ0) is 11.1. The first-order chi connectivity index (χ1) is 7.02. The highest BCUT2D eigenvalue weighted by Crippen LogP contribution is 2.37. The van der Waals surface area contributed by atoms with Gasteiger partial charge in [-0.15, -0.1) is 0 Å². The molecule has 2 rings (SSSR count). The molecule has 1 aromatic rings. The highest BCUT2D eigenvalue weighted by Gasteiger charge is 2.37. The molecule has 0 aliphatic heterocycles. The Morgan fingerprint density at radius 1 is 1.33 bits per heavy atom. The predicted molar refractivity (Wildman–Crippen MR) is 60.3 cm³/mol. The van der Waals surface area contributed by atoms with Crippen LogP contribution >= 0.6 is 0 Å². The summed E-state index contributed by atoms with van der Waals surface area (Å²) >= 11 is 0. The third-order valence-corrected chi connectivity index (χ3v) is 3.53. The van der Waals surface area contributed by atoms with Crippen LogP contribution in [0.1, 0.15) is 36.0 Å². The number of rotatable bonds is 3. The van der Waals surface area contributed by atoms with Gasteiger partial charge in [0.15, 0.2) is 0 Å². The number of benzene rings is 1. The number of hydrogen-bond acceptors (Lipinski definition) is 1. The average Bonchev–Trinajstić information content (AvgIpc) is 2.91. The lowest BCUT2D eigenvalue weighted by Gasteiger charge is -2.13. The van der Waals surface area contributed by atoms with Gasteiger partial charge in [0, 0.05) is 5.54 Å². The average molecular weight is 207 g/mol. The van der Waals surface area contributed by atoms with Crippen molar-refractivity contribution >= 4 is 0 Å². The van der Waals surface area contributed by atoms with E-state index in [9.17, 15) is 4.39 Å². The minimum atomic E-state index is -0.0996. The topological polar surface area (TPSA) is 26.0 Å². The van der Waals surface area contributed by atoms with Crippen LogP contribution in [0.15, 0.2) is 12.1 Å². The summed E-state index contributed by atoms with van der Waals surface area (Å²) < 4.78 is 13.4. The molecule has 1 aliphatic carbocycles. The SMILES string of the molecule is Cc1ccc(F)c(C)c1CCC1(N)CC1. The minimum absolute atomic E-state index is 0.0607. The molecule has 1 saturated carbocycles. The van der Waals surface area contributed by atoms with Crippen LogP contribution in [0.25, 0.3) is 0 Å². The smallest absolute Gasteiger partial charge is 0.126 e. The molecule has 2 N–H and O–H groups in total. The second-order valence-electron chi connectivity index (χ2n) is 4.83. The summed E-state index contributed by atoms with van der Waals surface area (Å²) in [6, 6.07) is 3.40. The van der Waals surface area contributed by atoms with E-state index in [0.717, 1.165) is 36.8 Å². The van der Waals surface area contributed by atoms with Gasteiger partial charge in [-0.05, 0) is 62.3 Å². The molecule has 0 atom stereocenters. The number of nitrogens with two attached hydrogens (primary N) is 1. The molecule has 0 radical (unpaired) electrons. The first-order valence-corrected chi connectivity index (χ1v) is 5.55. The molecular weight excluding hydrogens is 189 g/mol. The summed E-state index contributed by atoms with van der Waals surface area (Å²) in [6.45, 7) is 3.89. The summed E-state index contributed by atoms with van der Waals surface area (Å²) in [5.41, 5.74) is 9.21. The Balaban J connectivity index is 2.16. The highest BCUT2D eigenvalue weighted by molar-refractivity contribution is 5.35. The van der Waals surface area contributed by atoms with Gasteiger partial charge in [0.25, 0.3) is 0 Å². The fourth-order valence-electron chi connectivity index (χ4n) is 2.03. The quantitative estimate of drug-likeness (QED) is 0.810. The Bertz CT molecular complexity index is 380. The van der Waals surface area contributed by atoms with Crippen molar-refractivity contribution in [3.05, 3.63) is 34.6 Å². The maximum atomic E-state index is 13.4. The standard InChI is InChI=1S/C13H18FN/c1-9-3-4-12(14)10(2)11(9)5-6-13(15)7-8-13/h3-4H,5-8,15H2,1-2H3. The van der Waals surface area contributed by atoms with Crippen LogP contribution in [0, 0.1) is 19.7 Å². The van der Waals surface area contributed by atoms with Crippen molar-refractivity contribution in [1.82, 2.24) is 0 Å². The lowest BCUT2D eigenvalue weighted by Crippen LogP contribution is -2.22. The fourth-order valence-corrected chi connectivity index (χ4v) is 2.03. The van der Waals surface area contributed by atoms with E-state index in [2.05, 4.69) is 0 Å². The predicted octanol–water partition coefficient (Wildman–Crippen LogP) is 2.87. The maximum absolute atomic E-state index is 13.4. The molecule has 1 aliphatic rings. The van der Waals surface area contributed by atoms with Crippen LogP contribution < -0.4 is 5.73 Å². The highest BCUT2D eigenvalue weighted by atomic mass is 19.1. The van der Waals surface area contributed by atoms with Crippen molar-refractivity contribution in [3.63, 3.8) is 0 Å². The number of halogens is 1. The summed E-state index contributed by atoms with van der Waals surface area (Å²) in [5.74, 6) is -0.0996. The summed E-state index contributed by atoms with van der Waals surface area (Å²) in [7, 11) is 0. The van der Waals surface area contributed by atoms with Gasteiger partial charge >= 0.3 is 0 Å². The maximum Gasteiger partial charge on any atom is 0.126 e. The molecule has 2 heteroatoms. The van der Waals surface area contributed by atoms with Crippen molar-refractivity contribution in [3.8, 4) is 0 Å². The Labute approximate surface area is 90.5 Å². The molecule has 1 fully saturated rings. The van der Waals surface area contributed by atoms with Crippen LogP contribution in [-0.2, 0) is 6.42 Å². The van der Waals surface area contributed by atoms with Gasteiger partial charge in [0.1, 0.15) is 5.82 Å². The molecule has 0 amide bonds. The Morgan fingerprint density at radius 2 is 2.00 bits per heavy atom. The fraction of sp³-hybridized carbons (Fsp3) is 0.538. The molecule has 1 aromatic carbocycles. The Morgan fingerprint density at radius 3 is 2.60 bits per heavy atom. The van der Waals surface area contributed by atoms with E-state index in [1.807, 2.05) is 19.9 Å². The minimum Gasteiger partial charge on any atom is -0.325 e. The summed E-state index contributed by atoms with van der Waals surface area (Å²) in [5, 5.41) is 0. The van der Waals surface area contributed by atoms with Gasteiger partial charge in [0.2, 0.25) is 0 Å². The first kappa shape index (κ1) is 10.6. The lowest BCUT2D eigenvalue weighted by atomic mass is 9.96. The summed E-state index contributed by atoms with van der Waals surface area (Å²) in [6.07, 6.45) is 4.14. The van der Waals surface area contributed by atoms with E-state index >= 15 is 0 Å². The number of hydrogen-bond donors (Lipinski definition) is 1. The van der Waals surface area contributed by atoms with Gasteiger partial charge in [-0.3, -0.25) is 0 Å². The van der Waals surface area contributed by atoms with Crippen LogP contribution in [0.3, 0.4) is 0 Å². The lowest BCUT2D eigenvalue weighted by molar-refractivity contribution is 0.591. The normalized spacial score (nSPS) is 17.9. The molecule has 0 heterocycles. The van der Waals surface area contributed by atoms with Crippen LogP contribution in [0.4, 0.5) is 4.39 Å². The van der Waals surface area contributed by atoms with Crippen LogP contribution in [0.5, 0.6) is 0 Å². The Hall–Kier alpha value is -0.890. The van der Waals surface area contributed by atoms with Crippen LogP contribution in [0.2, 0.25) is 0 Å². The largest absolute Gasteiger partial charge is 0.325 e. The van der Waals surface area contributed by atoms with Gasteiger partial charge in [-0.25, -0.2) is 4.39 Å². The van der Waals surface area contributed by atoms with Crippen molar-refractivity contribution in [2.24, 2.45) is 5.73 Å². The number of aryl methyl sites for hydroxylation is 1. The van der Waals surface area contributed by atoms with Crippen LogP contribution in [-0.4, -0.2) is 5.54 Å². The molecule has 15 heavy (non-hydrogen) atoms. The molecule has 0 aromatic heterocycles. The second-order valence-corrected chi connectivity index (χ2v) is 4.83. The molecule has 82 valence electrons. The van der Waals surface area contributed by atoms with E-state index in [1.54, 1.807) is 6.07 Å². The third-order valence-electron chi connectivity index (χ3n) is 3.53. The van der Waals surface area contributed by atoms with Gasteiger partial charge in [-0.1, -0.05) is 6.07 Å². The molecule has 0 saturated heterocycles. The van der Waals surface area contributed by atoms with Crippen molar-refractivity contribution < 1.29 is 4.39 Å². The third kappa shape index (κ3) is 2.20. The van der Waals surface area contributed by atoms with E-state index < -0.39 is 0 Å². The van der Waals surface area contributed by atoms with Crippen molar-refractivity contribution in [1.29, 1.82) is 0 Å². The zero-order valence-corrected chi connectivity index (χ0v) is 9.44. The van der Waals surface area contributed by atoms with E-state index in [-0.39, 0.29) is 11.4 Å². The molecule has 0 spiro atoms. The van der Waals surface area contributed by atoms with Gasteiger partial charge < -0.3 is 5.73 Å². The van der Waals surface area contributed by atoms with Gasteiger partial charge in [-0.2, -0.15) is 0 Å². The zero-order valence-electron chi connectivity index (χ0n) is 9.44. The Kier molecular flexibility index (Phi) is 2.55. The first-order valence-electron chi connectivity index (χ1n) is 5.55. The summed E-state index contributed by atoms with van der Waals surface area (Å²) in [4.78, 5) is 0. The van der Waals surface area contributed by atoms with E-state index in [0.29, 0.717) is 0 Å². The van der Waals surface area contributed by atoms with E-state index in [1.165, 1.54) is 5.56 Å². The van der Waals surface area contributed by atoms with Gasteiger partial charge in [0.05, 0.1) is 0 Å². The van der Waals surface area contributed by atoms with E-state index in [4.69, 9.17) is 5.73 Å². The molecular formula is C13H18FN. The van der Waals surface area contributed by atoms with Crippen molar-refractivity contribution in [2.75, 3.05) is 0 Å². The molecule has 1 nitrogen and oxygen atoms in total. The second kappa shape index (κ2) is 3.60. The molecule has 0 unspecified atom stereocenters. The van der Waals surface area contributed by atoms with Crippen molar-refractivity contribution in [2.45, 2.75) is 45.1 Å².